The van der Waals surface area contributed by atoms with Gasteiger partial charge in [-0.25, -0.2) is 9.59 Å². The summed E-state index contributed by atoms with van der Waals surface area (Å²) in [5, 5.41) is 0. The Morgan fingerprint density at radius 2 is 1.64 bits per heavy atom. The van der Waals surface area contributed by atoms with Crippen molar-refractivity contribution in [3.8, 4) is 5.75 Å². The highest BCUT2D eigenvalue weighted by Gasteiger charge is 2.25. The molecule has 0 aromatic heterocycles. The second-order valence-electron chi connectivity index (χ2n) is 4.46. The Balaban J connectivity index is 1.88. The zero-order chi connectivity index (χ0) is 15.9. The Morgan fingerprint density at radius 3 is 2.18 bits per heavy atom. The fourth-order valence-electron chi connectivity index (χ4n) is 1.81. The summed E-state index contributed by atoms with van der Waals surface area (Å²) in [7, 11) is 0. The third kappa shape index (κ3) is 4.28. The van der Waals surface area contributed by atoms with Crippen LogP contribution in [0.5, 0.6) is 5.75 Å². The monoisotopic (exact) mass is 304 g/mol. The van der Waals surface area contributed by atoms with Gasteiger partial charge in [-0.1, -0.05) is 25.3 Å². The van der Waals surface area contributed by atoms with E-state index in [1.54, 1.807) is 24.3 Å². The third-order valence-electron chi connectivity index (χ3n) is 2.85. The lowest BCUT2D eigenvalue weighted by Gasteiger charge is -2.29. The summed E-state index contributed by atoms with van der Waals surface area (Å²) in [5.74, 6) is -0.629. The summed E-state index contributed by atoms with van der Waals surface area (Å²) in [6, 6.07) is 6.72. The van der Waals surface area contributed by atoms with Crippen molar-refractivity contribution in [1.82, 2.24) is 0 Å². The molecule has 6 nitrogen and oxygen atoms in total. The van der Waals surface area contributed by atoms with Crippen molar-refractivity contribution in [3.05, 3.63) is 55.1 Å². The van der Waals surface area contributed by atoms with Gasteiger partial charge in [-0.05, 0) is 12.1 Å². The second-order valence-corrected chi connectivity index (χ2v) is 4.46. The van der Waals surface area contributed by atoms with E-state index in [0.29, 0.717) is 5.75 Å². The molecule has 1 heterocycles. The van der Waals surface area contributed by atoms with Crippen molar-refractivity contribution in [2.45, 2.75) is 12.4 Å². The normalized spacial score (nSPS) is 20.7. The van der Waals surface area contributed by atoms with Gasteiger partial charge in [0.15, 0.2) is 6.29 Å². The maximum atomic E-state index is 11.1. The molecule has 116 valence electrons. The molecule has 0 aliphatic carbocycles. The van der Waals surface area contributed by atoms with E-state index in [9.17, 15) is 9.59 Å². The molecule has 1 aromatic carbocycles. The van der Waals surface area contributed by atoms with Crippen molar-refractivity contribution < 1.29 is 28.5 Å². The van der Waals surface area contributed by atoms with Crippen molar-refractivity contribution in [3.63, 3.8) is 0 Å². The van der Waals surface area contributed by atoms with E-state index < -0.39 is 24.3 Å². The summed E-state index contributed by atoms with van der Waals surface area (Å²) in [5.41, 5.74) is 0.770. The molecule has 1 aliphatic heterocycles. The van der Waals surface area contributed by atoms with Crippen LogP contribution in [0.2, 0.25) is 0 Å². The SMILES string of the molecule is C=CC(=O)Oc1ccc(C2OCC(OC(=O)C=C)CO2)cc1. The lowest BCUT2D eigenvalue weighted by molar-refractivity contribution is -0.228. The zero-order valence-electron chi connectivity index (χ0n) is 11.9. The van der Waals surface area contributed by atoms with Gasteiger partial charge in [0.05, 0.1) is 13.2 Å². The Kier molecular flexibility index (Phi) is 5.46. The molecule has 1 saturated heterocycles. The molecule has 0 amide bonds. The van der Waals surface area contributed by atoms with Gasteiger partial charge in [0.1, 0.15) is 11.9 Å². The number of esters is 2. The van der Waals surface area contributed by atoms with Crippen molar-refractivity contribution >= 4 is 11.9 Å². The minimum Gasteiger partial charge on any atom is -0.454 e. The number of hydrogen-bond donors (Lipinski definition) is 0. The quantitative estimate of drug-likeness (QED) is 0.470. The first-order chi connectivity index (χ1) is 10.6. The highest BCUT2D eigenvalue weighted by atomic mass is 16.7. The largest absolute Gasteiger partial charge is 0.454 e. The molecule has 0 atom stereocenters. The summed E-state index contributed by atoms with van der Waals surface area (Å²) < 4.78 is 21.0. The molecule has 1 aromatic rings. The van der Waals surface area contributed by atoms with Gasteiger partial charge in [-0.15, -0.1) is 0 Å². The highest BCUT2D eigenvalue weighted by molar-refractivity contribution is 5.83. The van der Waals surface area contributed by atoms with E-state index in [0.717, 1.165) is 17.7 Å². The van der Waals surface area contributed by atoms with Crippen molar-refractivity contribution in [2.75, 3.05) is 13.2 Å². The van der Waals surface area contributed by atoms with Crippen molar-refractivity contribution in [2.24, 2.45) is 0 Å². The van der Waals surface area contributed by atoms with Crippen LogP contribution in [0.4, 0.5) is 0 Å². The molecule has 0 spiro atoms. The molecule has 0 radical (unpaired) electrons. The third-order valence-corrected chi connectivity index (χ3v) is 2.85. The highest BCUT2D eigenvalue weighted by Crippen LogP contribution is 2.25. The predicted octanol–water partition coefficient (Wildman–Crippen LogP) is 1.92. The average molecular weight is 304 g/mol. The van der Waals surface area contributed by atoms with Gasteiger partial charge in [0.25, 0.3) is 0 Å². The molecule has 1 aliphatic rings. The van der Waals surface area contributed by atoms with Gasteiger partial charge < -0.3 is 18.9 Å². The van der Waals surface area contributed by atoms with E-state index in [2.05, 4.69) is 13.2 Å². The van der Waals surface area contributed by atoms with E-state index in [1.165, 1.54) is 0 Å². The van der Waals surface area contributed by atoms with Crippen LogP contribution in [0.3, 0.4) is 0 Å². The van der Waals surface area contributed by atoms with Gasteiger partial charge >= 0.3 is 11.9 Å². The summed E-state index contributed by atoms with van der Waals surface area (Å²) in [6.07, 6.45) is 1.18. The number of carbonyl (C=O) groups excluding carboxylic acids is 2. The smallest absolute Gasteiger partial charge is 0.335 e. The Morgan fingerprint density at radius 1 is 1.05 bits per heavy atom. The van der Waals surface area contributed by atoms with Crippen LogP contribution in [-0.2, 0) is 23.8 Å². The number of ether oxygens (including phenoxy) is 4. The molecule has 6 heteroatoms. The molecule has 2 rings (SSSR count). The van der Waals surface area contributed by atoms with Gasteiger partial charge in [0, 0.05) is 17.7 Å². The first-order valence-corrected chi connectivity index (χ1v) is 6.63. The van der Waals surface area contributed by atoms with Gasteiger partial charge in [0.2, 0.25) is 0 Å². The molecular weight excluding hydrogens is 288 g/mol. The Bertz CT molecular complexity index is 555. The summed E-state index contributed by atoms with van der Waals surface area (Å²) in [4.78, 5) is 22.2. The van der Waals surface area contributed by atoms with Gasteiger partial charge in [-0.2, -0.15) is 0 Å². The van der Waals surface area contributed by atoms with E-state index >= 15 is 0 Å². The molecule has 0 bridgehead atoms. The molecule has 0 saturated carbocycles. The zero-order valence-corrected chi connectivity index (χ0v) is 11.9. The molecule has 1 fully saturated rings. The van der Waals surface area contributed by atoms with Crippen LogP contribution >= 0.6 is 0 Å². The Labute approximate surface area is 127 Å². The number of rotatable bonds is 5. The van der Waals surface area contributed by atoms with Crippen LogP contribution in [-0.4, -0.2) is 31.3 Å². The fourth-order valence-corrected chi connectivity index (χ4v) is 1.81. The Hall–Kier alpha value is -2.44. The number of benzene rings is 1. The maximum Gasteiger partial charge on any atom is 0.335 e. The molecule has 22 heavy (non-hydrogen) atoms. The van der Waals surface area contributed by atoms with Crippen LogP contribution in [0, 0.1) is 0 Å². The standard InChI is InChI=1S/C16H16O6/c1-3-14(17)21-12-7-5-11(6-8-12)16-19-9-13(10-20-16)22-15(18)4-2/h3-8,13,16H,1-2,9-10H2. The molecular formula is C16H16O6. The van der Waals surface area contributed by atoms with E-state index in [-0.39, 0.29) is 13.2 Å². The van der Waals surface area contributed by atoms with Gasteiger partial charge in [-0.3, -0.25) is 0 Å². The minimum atomic E-state index is -0.553. The van der Waals surface area contributed by atoms with E-state index in [1.807, 2.05) is 0 Å². The molecule has 0 unspecified atom stereocenters. The average Bonchev–Trinajstić information content (AvgIpc) is 2.56. The topological polar surface area (TPSA) is 71.1 Å². The van der Waals surface area contributed by atoms with Crippen LogP contribution in [0.25, 0.3) is 0 Å². The van der Waals surface area contributed by atoms with Crippen LogP contribution < -0.4 is 4.74 Å². The van der Waals surface area contributed by atoms with Crippen LogP contribution in [0.15, 0.2) is 49.6 Å². The second kappa shape index (κ2) is 7.53. The minimum absolute atomic E-state index is 0.234. The van der Waals surface area contributed by atoms with Crippen LogP contribution in [0.1, 0.15) is 11.9 Å². The summed E-state index contributed by atoms with van der Waals surface area (Å²) >= 11 is 0. The first-order valence-electron chi connectivity index (χ1n) is 6.63. The maximum absolute atomic E-state index is 11.1. The lowest BCUT2D eigenvalue weighted by Crippen LogP contribution is -2.34. The summed E-state index contributed by atoms with van der Waals surface area (Å²) in [6.45, 7) is 7.12. The van der Waals surface area contributed by atoms with E-state index in [4.69, 9.17) is 18.9 Å². The predicted molar refractivity (Wildman–Crippen MR) is 77.0 cm³/mol. The fraction of sp³-hybridized carbons (Fsp3) is 0.250. The first kappa shape index (κ1) is 15.9. The van der Waals surface area contributed by atoms with Crippen molar-refractivity contribution in [1.29, 1.82) is 0 Å². The number of carbonyl (C=O) groups is 2. The number of hydrogen-bond acceptors (Lipinski definition) is 6. The molecule has 0 N–H and O–H groups in total. The lowest BCUT2D eigenvalue weighted by atomic mass is 10.2.